The predicted molar refractivity (Wildman–Crippen MR) is 69.5 cm³/mol. The lowest BCUT2D eigenvalue weighted by atomic mass is 10.0. The fourth-order valence-corrected chi connectivity index (χ4v) is 3.35. The first kappa shape index (κ1) is 10.6. The number of pyridine rings is 1. The molecule has 2 bridgehead atoms. The van der Waals surface area contributed by atoms with Crippen LogP contribution in [0.25, 0.3) is 0 Å². The van der Waals surface area contributed by atoms with E-state index in [1.807, 2.05) is 18.3 Å². The molecule has 1 N–H and O–H groups in total. The standard InChI is InChI=1S/C14H13N5/c15-6-9-1-4-14(16-7-9)19-10-2-3-13(19)11-8-17-18-12(11)5-10/h1,4,7-8,10,13H,2-3,5H2,(H,17,18)/t10-,13-/m0/s1. The number of nitrogens with one attached hydrogen (secondary N) is 1. The summed E-state index contributed by atoms with van der Waals surface area (Å²) in [6.07, 6.45) is 6.94. The van der Waals surface area contributed by atoms with Crippen molar-refractivity contribution in [2.24, 2.45) is 0 Å². The van der Waals surface area contributed by atoms with Gasteiger partial charge in [-0.25, -0.2) is 4.98 Å². The van der Waals surface area contributed by atoms with E-state index in [1.54, 1.807) is 6.20 Å². The molecule has 94 valence electrons. The summed E-state index contributed by atoms with van der Waals surface area (Å²) in [7, 11) is 0. The molecule has 0 aromatic carbocycles. The first-order valence-electron chi connectivity index (χ1n) is 6.53. The van der Waals surface area contributed by atoms with E-state index < -0.39 is 0 Å². The Bertz CT molecular complexity index is 651. The van der Waals surface area contributed by atoms with Gasteiger partial charge in [0.15, 0.2) is 0 Å². The minimum absolute atomic E-state index is 0.382. The molecule has 0 aliphatic carbocycles. The SMILES string of the molecule is N#Cc1ccc(N2[C@H]3CC[C@H]2c2cn[nH]c2C3)nc1. The molecule has 0 amide bonds. The minimum atomic E-state index is 0.382. The summed E-state index contributed by atoms with van der Waals surface area (Å²) in [5, 5.41) is 16.1. The van der Waals surface area contributed by atoms with E-state index >= 15 is 0 Å². The van der Waals surface area contributed by atoms with Crippen molar-refractivity contribution in [1.82, 2.24) is 15.2 Å². The van der Waals surface area contributed by atoms with Gasteiger partial charge in [0.1, 0.15) is 11.9 Å². The third-order valence-corrected chi connectivity index (χ3v) is 4.19. The van der Waals surface area contributed by atoms with Gasteiger partial charge < -0.3 is 4.90 Å². The van der Waals surface area contributed by atoms with Crippen LogP contribution in [0.4, 0.5) is 5.82 Å². The van der Waals surface area contributed by atoms with Crippen LogP contribution in [0.15, 0.2) is 24.5 Å². The summed E-state index contributed by atoms with van der Waals surface area (Å²) in [5.41, 5.74) is 3.19. The molecule has 2 aromatic heterocycles. The van der Waals surface area contributed by atoms with Crippen molar-refractivity contribution in [3.8, 4) is 6.07 Å². The van der Waals surface area contributed by atoms with Crippen LogP contribution in [0.5, 0.6) is 0 Å². The second-order valence-corrected chi connectivity index (χ2v) is 5.18. The summed E-state index contributed by atoms with van der Waals surface area (Å²) < 4.78 is 0. The Morgan fingerprint density at radius 2 is 2.26 bits per heavy atom. The monoisotopic (exact) mass is 251 g/mol. The quantitative estimate of drug-likeness (QED) is 0.841. The van der Waals surface area contributed by atoms with Gasteiger partial charge in [-0.15, -0.1) is 0 Å². The highest BCUT2D eigenvalue weighted by Crippen LogP contribution is 2.44. The zero-order chi connectivity index (χ0) is 12.8. The van der Waals surface area contributed by atoms with Gasteiger partial charge in [-0.3, -0.25) is 5.10 Å². The van der Waals surface area contributed by atoms with E-state index in [-0.39, 0.29) is 0 Å². The molecule has 2 aromatic rings. The average Bonchev–Trinajstić information content (AvgIpc) is 3.04. The van der Waals surface area contributed by atoms with Crippen molar-refractivity contribution in [2.75, 3.05) is 4.90 Å². The molecule has 5 nitrogen and oxygen atoms in total. The highest BCUT2D eigenvalue weighted by Gasteiger charge is 2.41. The fourth-order valence-electron chi connectivity index (χ4n) is 3.35. The molecule has 4 heterocycles. The number of nitrogens with zero attached hydrogens (tertiary/aromatic N) is 4. The fraction of sp³-hybridized carbons (Fsp3) is 0.357. The van der Waals surface area contributed by atoms with Crippen LogP contribution < -0.4 is 4.90 Å². The minimum Gasteiger partial charge on any atom is -0.346 e. The van der Waals surface area contributed by atoms with E-state index in [2.05, 4.69) is 26.2 Å². The van der Waals surface area contributed by atoms with E-state index in [0.29, 0.717) is 17.6 Å². The van der Waals surface area contributed by atoms with Gasteiger partial charge in [-0.1, -0.05) is 0 Å². The zero-order valence-corrected chi connectivity index (χ0v) is 10.4. The molecular weight excluding hydrogens is 238 g/mol. The van der Waals surface area contributed by atoms with Gasteiger partial charge in [-0.2, -0.15) is 10.4 Å². The molecule has 0 spiro atoms. The number of hydrogen-bond acceptors (Lipinski definition) is 4. The normalized spacial score (nSPS) is 24.1. The van der Waals surface area contributed by atoms with Crippen LogP contribution in [0.1, 0.15) is 35.7 Å². The highest BCUT2D eigenvalue weighted by molar-refractivity contribution is 5.50. The molecule has 0 saturated carbocycles. The van der Waals surface area contributed by atoms with Gasteiger partial charge in [0.25, 0.3) is 0 Å². The Kier molecular flexibility index (Phi) is 2.12. The largest absolute Gasteiger partial charge is 0.346 e. The van der Waals surface area contributed by atoms with Gasteiger partial charge in [0, 0.05) is 29.9 Å². The first-order valence-corrected chi connectivity index (χ1v) is 6.53. The average molecular weight is 251 g/mol. The smallest absolute Gasteiger partial charge is 0.129 e. The maximum atomic E-state index is 8.84. The number of fused-ring (bicyclic) bond motifs is 4. The second kappa shape index (κ2) is 3.82. The Labute approximate surface area is 110 Å². The number of nitriles is 1. The molecule has 2 atom stereocenters. The topological polar surface area (TPSA) is 68.6 Å². The van der Waals surface area contributed by atoms with Gasteiger partial charge in [0.05, 0.1) is 17.8 Å². The molecule has 2 aliphatic heterocycles. The third-order valence-electron chi connectivity index (χ3n) is 4.19. The van der Waals surface area contributed by atoms with Crippen molar-refractivity contribution < 1.29 is 0 Å². The summed E-state index contributed by atoms with van der Waals surface area (Å²) in [5.74, 6) is 0.971. The van der Waals surface area contributed by atoms with Crippen LogP contribution >= 0.6 is 0 Å². The van der Waals surface area contributed by atoms with Gasteiger partial charge in [0.2, 0.25) is 0 Å². The van der Waals surface area contributed by atoms with Crippen molar-refractivity contribution in [1.29, 1.82) is 5.26 Å². The van der Waals surface area contributed by atoms with Gasteiger partial charge >= 0.3 is 0 Å². The lowest BCUT2D eigenvalue weighted by Crippen LogP contribution is -2.37. The molecule has 4 rings (SSSR count). The number of aromatic nitrogens is 3. The Morgan fingerprint density at radius 1 is 1.32 bits per heavy atom. The summed E-state index contributed by atoms with van der Waals surface area (Å²) in [6, 6.07) is 6.78. The van der Waals surface area contributed by atoms with Crippen molar-refractivity contribution >= 4 is 5.82 Å². The van der Waals surface area contributed by atoms with E-state index in [0.717, 1.165) is 18.7 Å². The lowest BCUT2D eigenvalue weighted by molar-refractivity contribution is 0.586. The second-order valence-electron chi connectivity index (χ2n) is 5.18. The van der Waals surface area contributed by atoms with Crippen LogP contribution in [-0.2, 0) is 6.42 Å². The number of rotatable bonds is 1. The van der Waals surface area contributed by atoms with Crippen molar-refractivity contribution in [3.05, 3.63) is 41.3 Å². The number of anilines is 1. The number of aromatic amines is 1. The number of hydrogen-bond donors (Lipinski definition) is 1. The van der Waals surface area contributed by atoms with Crippen molar-refractivity contribution in [3.63, 3.8) is 0 Å². The Hall–Kier alpha value is -2.35. The van der Waals surface area contributed by atoms with Gasteiger partial charge in [-0.05, 0) is 25.0 Å². The van der Waals surface area contributed by atoms with Crippen LogP contribution in [0.2, 0.25) is 0 Å². The third kappa shape index (κ3) is 1.46. The lowest BCUT2D eigenvalue weighted by Gasteiger charge is -2.35. The van der Waals surface area contributed by atoms with Crippen LogP contribution in [-0.4, -0.2) is 21.2 Å². The van der Waals surface area contributed by atoms with Crippen LogP contribution in [0, 0.1) is 11.3 Å². The maximum Gasteiger partial charge on any atom is 0.129 e. The number of H-pyrrole nitrogens is 1. The van der Waals surface area contributed by atoms with E-state index in [1.165, 1.54) is 17.7 Å². The summed E-state index contributed by atoms with van der Waals surface area (Å²) in [6.45, 7) is 0. The maximum absolute atomic E-state index is 8.84. The molecule has 0 unspecified atom stereocenters. The highest BCUT2D eigenvalue weighted by atomic mass is 15.3. The Balaban J connectivity index is 1.75. The zero-order valence-electron chi connectivity index (χ0n) is 10.4. The Morgan fingerprint density at radius 3 is 3.05 bits per heavy atom. The predicted octanol–water partition coefficient (Wildman–Crippen LogP) is 1.94. The molecule has 1 fully saturated rings. The summed E-state index contributed by atoms with van der Waals surface area (Å²) in [4.78, 5) is 6.83. The molecule has 0 radical (unpaired) electrons. The van der Waals surface area contributed by atoms with E-state index in [4.69, 9.17) is 5.26 Å². The van der Waals surface area contributed by atoms with Crippen molar-refractivity contribution in [2.45, 2.75) is 31.3 Å². The molecule has 19 heavy (non-hydrogen) atoms. The molecular formula is C14H13N5. The molecule has 5 heteroatoms. The van der Waals surface area contributed by atoms with E-state index in [9.17, 15) is 0 Å². The summed E-state index contributed by atoms with van der Waals surface area (Å²) >= 11 is 0. The van der Waals surface area contributed by atoms with Crippen LogP contribution in [0.3, 0.4) is 0 Å². The molecule has 2 aliphatic rings. The molecule has 1 saturated heterocycles. The first-order chi connectivity index (χ1) is 9.36.